The SMILES string of the molecule is CC(CCO)NCc1ccc(Br)s1. The van der Waals surface area contributed by atoms with Crippen molar-refractivity contribution in [3.63, 3.8) is 0 Å². The zero-order valence-corrected chi connectivity index (χ0v) is 9.99. The van der Waals surface area contributed by atoms with E-state index in [0.717, 1.165) is 13.0 Å². The van der Waals surface area contributed by atoms with Crippen molar-refractivity contribution in [2.75, 3.05) is 6.61 Å². The lowest BCUT2D eigenvalue weighted by atomic mass is 10.2. The Hall–Kier alpha value is 0.1000. The van der Waals surface area contributed by atoms with Crippen LogP contribution in [0.3, 0.4) is 0 Å². The van der Waals surface area contributed by atoms with Crippen LogP contribution in [0.4, 0.5) is 0 Å². The lowest BCUT2D eigenvalue weighted by Gasteiger charge is -2.10. The van der Waals surface area contributed by atoms with Crippen molar-refractivity contribution in [1.29, 1.82) is 0 Å². The smallest absolute Gasteiger partial charge is 0.0701 e. The molecule has 0 bridgehead atoms. The van der Waals surface area contributed by atoms with E-state index >= 15 is 0 Å². The summed E-state index contributed by atoms with van der Waals surface area (Å²) in [4.78, 5) is 1.32. The first kappa shape index (κ1) is 11.2. The second-order valence-corrected chi connectivity index (χ2v) is 5.55. The van der Waals surface area contributed by atoms with E-state index in [2.05, 4.69) is 40.3 Å². The van der Waals surface area contributed by atoms with E-state index in [1.165, 1.54) is 8.66 Å². The highest BCUT2D eigenvalue weighted by molar-refractivity contribution is 9.11. The van der Waals surface area contributed by atoms with E-state index < -0.39 is 0 Å². The van der Waals surface area contributed by atoms with E-state index in [-0.39, 0.29) is 6.61 Å². The van der Waals surface area contributed by atoms with E-state index in [1.54, 1.807) is 11.3 Å². The zero-order valence-electron chi connectivity index (χ0n) is 7.59. The number of halogens is 1. The van der Waals surface area contributed by atoms with Crippen molar-refractivity contribution in [2.24, 2.45) is 0 Å². The number of rotatable bonds is 5. The summed E-state index contributed by atoms with van der Waals surface area (Å²) >= 11 is 5.16. The molecular formula is C9H14BrNOS. The van der Waals surface area contributed by atoms with Crippen molar-refractivity contribution in [3.8, 4) is 0 Å². The second-order valence-electron chi connectivity index (χ2n) is 3.00. The highest BCUT2D eigenvalue weighted by atomic mass is 79.9. The van der Waals surface area contributed by atoms with Gasteiger partial charge in [-0.25, -0.2) is 0 Å². The molecule has 1 atom stereocenters. The molecule has 13 heavy (non-hydrogen) atoms. The molecule has 0 aliphatic heterocycles. The summed E-state index contributed by atoms with van der Waals surface area (Å²) in [6.07, 6.45) is 0.812. The molecule has 2 nitrogen and oxygen atoms in total. The molecule has 0 aliphatic carbocycles. The number of aliphatic hydroxyl groups excluding tert-OH is 1. The van der Waals surface area contributed by atoms with Gasteiger partial charge in [0.15, 0.2) is 0 Å². The fourth-order valence-electron chi connectivity index (χ4n) is 1.02. The van der Waals surface area contributed by atoms with Gasteiger partial charge < -0.3 is 10.4 Å². The first-order chi connectivity index (χ1) is 6.22. The zero-order chi connectivity index (χ0) is 9.68. The molecule has 0 saturated carbocycles. The van der Waals surface area contributed by atoms with E-state index in [0.29, 0.717) is 6.04 Å². The molecule has 0 fully saturated rings. The third kappa shape index (κ3) is 4.22. The van der Waals surface area contributed by atoms with Gasteiger partial charge in [0.05, 0.1) is 3.79 Å². The molecular weight excluding hydrogens is 250 g/mol. The molecule has 1 unspecified atom stereocenters. The van der Waals surface area contributed by atoms with Crippen LogP contribution < -0.4 is 5.32 Å². The molecule has 0 amide bonds. The van der Waals surface area contributed by atoms with Crippen molar-refractivity contribution in [2.45, 2.75) is 25.9 Å². The minimum Gasteiger partial charge on any atom is -0.396 e. The normalized spacial score (nSPS) is 13.2. The van der Waals surface area contributed by atoms with Crippen molar-refractivity contribution < 1.29 is 5.11 Å². The number of nitrogens with one attached hydrogen (secondary N) is 1. The highest BCUT2D eigenvalue weighted by Gasteiger charge is 2.01. The van der Waals surface area contributed by atoms with Gasteiger partial charge in [0.2, 0.25) is 0 Å². The lowest BCUT2D eigenvalue weighted by Crippen LogP contribution is -2.25. The van der Waals surface area contributed by atoms with Crippen LogP contribution in [0.25, 0.3) is 0 Å². The summed E-state index contributed by atoms with van der Waals surface area (Å²) in [5, 5.41) is 12.0. The summed E-state index contributed by atoms with van der Waals surface area (Å²) in [5.41, 5.74) is 0. The minimum atomic E-state index is 0.252. The maximum absolute atomic E-state index is 8.69. The van der Waals surface area contributed by atoms with E-state index in [9.17, 15) is 0 Å². The Morgan fingerprint density at radius 2 is 2.38 bits per heavy atom. The van der Waals surface area contributed by atoms with Crippen LogP contribution in [0.5, 0.6) is 0 Å². The number of hydrogen-bond donors (Lipinski definition) is 2. The maximum Gasteiger partial charge on any atom is 0.0701 e. The van der Waals surface area contributed by atoms with Gasteiger partial charge in [-0.05, 0) is 41.4 Å². The average molecular weight is 264 g/mol. The van der Waals surface area contributed by atoms with Gasteiger partial charge in [0.1, 0.15) is 0 Å². The summed E-state index contributed by atoms with van der Waals surface area (Å²) in [6, 6.07) is 4.54. The van der Waals surface area contributed by atoms with Gasteiger partial charge in [0, 0.05) is 24.1 Å². The highest BCUT2D eigenvalue weighted by Crippen LogP contribution is 2.21. The Kier molecular flexibility index (Phi) is 4.94. The van der Waals surface area contributed by atoms with Crippen LogP contribution in [0.15, 0.2) is 15.9 Å². The Bertz CT molecular complexity index is 252. The van der Waals surface area contributed by atoms with Crippen LogP contribution in [0.2, 0.25) is 0 Å². The monoisotopic (exact) mass is 263 g/mol. The maximum atomic E-state index is 8.69. The summed E-state index contributed by atoms with van der Waals surface area (Å²) < 4.78 is 1.17. The Labute approximate surface area is 91.1 Å². The molecule has 74 valence electrons. The van der Waals surface area contributed by atoms with Gasteiger partial charge in [-0.2, -0.15) is 0 Å². The van der Waals surface area contributed by atoms with Crippen molar-refractivity contribution in [1.82, 2.24) is 5.32 Å². The van der Waals surface area contributed by atoms with Gasteiger partial charge in [-0.1, -0.05) is 0 Å². The fraction of sp³-hybridized carbons (Fsp3) is 0.556. The predicted molar refractivity (Wildman–Crippen MR) is 60.0 cm³/mol. The first-order valence-electron chi connectivity index (χ1n) is 4.31. The number of aliphatic hydroxyl groups is 1. The Balaban J connectivity index is 2.26. The lowest BCUT2D eigenvalue weighted by molar-refractivity contribution is 0.269. The molecule has 1 aromatic heterocycles. The molecule has 0 aliphatic rings. The molecule has 2 N–H and O–H groups in total. The summed E-state index contributed by atoms with van der Waals surface area (Å²) in [5.74, 6) is 0. The van der Waals surface area contributed by atoms with Crippen LogP contribution in [-0.2, 0) is 6.54 Å². The van der Waals surface area contributed by atoms with Gasteiger partial charge in [0.25, 0.3) is 0 Å². The quantitative estimate of drug-likeness (QED) is 0.855. The van der Waals surface area contributed by atoms with Crippen LogP contribution in [0.1, 0.15) is 18.2 Å². The second kappa shape index (κ2) is 5.75. The van der Waals surface area contributed by atoms with Crippen molar-refractivity contribution >= 4 is 27.3 Å². The summed E-state index contributed by atoms with van der Waals surface area (Å²) in [7, 11) is 0. The van der Waals surface area contributed by atoms with E-state index in [4.69, 9.17) is 5.11 Å². The molecule has 0 saturated heterocycles. The molecule has 0 aromatic carbocycles. The largest absolute Gasteiger partial charge is 0.396 e. The van der Waals surface area contributed by atoms with Crippen LogP contribution >= 0.6 is 27.3 Å². The average Bonchev–Trinajstić information content (AvgIpc) is 2.49. The third-order valence-corrected chi connectivity index (χ3v) is 3.44. The molecule has 0 spiro atoms. The van der Waals surface area contributed by atoms with Gasteiger partial charge in [-0.15, -0.1) is 11.3 Å². The van der Waals surface area contributed by atoms with Gasteiger partial charge in [-0.3, -0.25) is 0 Å². The third-order valence-electron chi connectivity index (χ3n) is 1.82. The van der Waals surface area contributed by atoms with Crippen molar-refractivity contribution in [3.05, 3.63) is 20.8 Å². The fourth-order valence-corrected chi connectivity index (χ4v) is 2.45. The van der Waals surface area contributed by atoms with E-state index in [1.807, 2.05) is 0 Å². The molecule has 4 heteroatoms. The Morgan fingerprint density at radius 1 is 1.62 bits per heavy atom. The van der Waals surface area contributed by atoms with Crippen LogP contribution in [0, 0.1) is 0 Å². The molecule has 1 heterocycles. The molecule has 1 rings (SSSR count). The predicted octanol–water partition coefficient (Wildman–Crippen LogP) is 2.37. The number of hydrogen-bond acceptors (Lipinski definition) is 3. The first-order valence-corrected chi connectivity index (χ1v) is 5.92. The van der Waals surface area contributed by atoms with Gasteiger partial charge >= 0.3 is 0 Å². The summed E-state index contributed by atoms with van der Waals surface area (Å²) in [6.45, 7) is 3.22. The standard InChI is InChI=1S/C9H14BrNOS/c1-7(4-5-12)11-6-8-2-3-9(10)13-8/h2-3,7,11-12H,4-6H2,1H3. The minimum absolute atomic E-state index is 0.252. The molecule has 1 aromatic rings. The molecule has 0 radical (unpaired) electrons. The number of thiophene rings is 1. The Morgan fingerprint density at radius 3 is 2.92 bits per heavy atom. The van der Waals surface area contributed by atoms with Crippen LogP contribution in [-0.4, -0.2) is 17.8 Å². The topological polar surface area (TPSA) is 32.3 Å².